The maximum absolute atomic E-state index is 13.7. The van der Waals surface area contributed by atoms with Gasteiger partial charge in [0.05, 0.1) is 4.47 Å². The summed E-state index contributed by atoms with van der Waals surface area (Å²) in [5.41, 5.74) is 8.27. The molecule has 0 spiro atoms. The molecule has 0 aliphatic heterocycles. The third-order valence-electron chi connectivity index (χ3n) is 3.22. The van der Waals surface area contributed by atoms with Gasteiger partial charge in [0.15, 0.2) is 0 Å². The number of halogens is 2. The monoisotopic (exact) mass is 352 g/mol. The van der Waals surface area contributed by atoms with Crippen molar-refractivity contribution in [2.24, 2.45) is 0 Å². The van der Waals surface area contributed by atoms with Gasteiger partial charge >= 0.3 is 0 Å². The highest BCUT2D eigenvalue weighted by Crippen LogP contribution is 2.28. The van der Waals surface area contributed by atoms with Crippen LogP contribution in [0.3, 0.4) is 0 Å². The smallest absolute Gasteiger partial charge is 0.139 e. The molecule has 6 heteroatoms. The van der Waals surface area contributed by atoms with Crippen LogP contribution in [0.5, 0.6) is 0 Å². The minimum Gasteiger partial charge on any atom is -0.383 e. The topological polar surface area (TPSA) is 63.8 Å². The summed E-state index contributed by atoms with van der Waals surface area (Å²) in [6, 6.07) is 3.17. The van der Waals surface area contributed by atoms with Crippen LogP contribution in [0.15, 0.2) is 16.6 Å². The highest BCUT2D eigenvalue weighted by molar-refractivity contribution is 9.10. The zero-order valence-electron chi connectivity index (χ0n) is 12.3. The molecular formula is C15H18BrFN4. The van der Waals surface area contributed by atoms with Gasteiger partial charge in [-0.15, -0.1) is 0 Å². The van der Waals surface area contributed by atoms with E-state index in [-0.39, 0.29) is 5.82 Å². The van der Waals surface area contributed by atoms with Crippen LogP contribution in [0.4, 0.5) is 21.7 Å². The molecule has 0 saturated heterocycles. The Kier molecular flexibility index (Phi) is 4.77. The third kappa shape index (κ3) is 3.50. The fourth-order valence-electron chi connectivity index (χ4n) is 1.95. The highest BCUT2D eigenvalue weighted by Gasteiger charge is 2.11. The molecule has 112 valence electrons. The highest BCUT2D eigenvalue weighted by atomic mass is 79.9. The Morgan fingerprint density at radius 2 is 2.00 bits per heavy atom. The number of hydrogen-bond donors (Lipinski definition) is 2. The summed E-state index contributed by atoms with van der Waals surface area (Å²) in [7, 11) is 0. The number of benzene rings is 1. The van der Waals surface area contributed by atoms with Crippen molar-refractivity contribution < 1.29 is 4.39 Å². The van der Waals surface area contributed by atoms with Crippen LogP contribution in [0.25, 0.3) is 0 Å². The van der Waals surface area contributed by atoms with Gasteiger partial charge in [-0.05, 0) is 53.9 Å². The zero-order chi connectivity index (χ0) is 15.6. The van der Waals surface area contributed by atoms with Crippen LogP contribution < -0.4 is 11.1 Å². The van der Waals surface area contributed by atoms with E-state index in [2.05, 4.69) is 38.1 Å². The fraction of sp³-hybridized carbons (Fsp3) is 0.333. The minimum absolute atomic E-state index is 0.323. The number of rotatable bonds is 4. The van der Waals surface area contributed by atoms with Crippen molar-refractivity contribution in [2.45, 2.75) is 33.6 Å². The average molecular weight is 353 g/mol. The number of nitrogens with two attached hydrogens (primary N) is 1. The number of anilines is 3. The molecule has 0 fully saturated rings. The van der Waals surface area contributed by atoms with Gasteiger partial charge in [-0.1, -0.05) is 6.92 Å². The molecule has 4 nitrogen and oxygen atoms in total. The summed E-state index contributed by atoms with van der Waals surface area (Å²) in [6.07, 6.45) is 1.70. The summed E-state index contributed by atoms with van der Waals surface area (Å²) >= 11 is 3.18. The Balaban J connectivity index is 2.41. The average Bonchev–Trinajstić information content (AvgIpc) is 2.42. The molecule has 0 radical (unpaired) electrons. The number of aryl methyl sites for hydroxylation is 2. The summed E-state index contributed by atoms with van der Waals surface area (Å²) in [4.78, 5) is 8.74. The molecule has 1 aromatic carbocycles. The second-order valence-corrected chi connectivity index (χ2v) is 5.81. The van der Waals surface area contributed by atoms with Crippen molar-refractivity contribution >= 4 is 33.3 Å². The number of nitrogens with one attached hydrogen (secondary N) is 1. The van der Waals surface area contributed by atoms with Gasteiger partial charge in [0.1, 0.15) is 23.3 Å². The van der Waals surface area contributed by atoms with Crippen LogP contribution in [0, 0.1) is 19.7 Å². The minimum atomic E-state index is -0.323. The summed E-state index contributed by atoms with van der Waals surface area (Å²) in [6.45, 7) is 5.80. The van der Waals surface area contributed by atoms with E-state index in [9.17, 15) is 4.39 Å². The summed E-state index contributed by atoms with van der Waals surface area (Å²) in [5, 5.41) is 3.16. The molecule has 1 heterocycles. The van der Waals surface area contributed by atoms with Crippen molar-refractivity contribution in [3.63, 3.8) is 0 Å². The molecule has 0 aliphatic rings. The largest absolute Gasteiger partial charge is 0.383 e. The van der Waals surface area contributed by atoms with E-state index in [1.165, 1.54) is 6.07 Å². The molecule has 3 N–H and O–H groups in total. The predicted octanol–water partition coefficient (Wildman–Crippen LogP) is 4.27. The number of hydrogen-bond acceptors (Lipinski definition) is 4. The lowest BCUT2D eigenvalue weighted by Crippen LogP contribution is -2.07. The normalized spacial score (nSPS) is 10.7. The standard InChI is InChI=1S/C15H18BrFN4/c1-4-5-13-20-14(18)9(3)15(21-13)19-12-7-11(17)10(16)6-8(12)2/h6-7H,4-5H2,1-3H3,(H3,18,19,20,21). The lowest BCUT2D eigenvalue weighted by molar-refractivity contribution is 0.621. The van der Waals surface area contributed by atoms with Crippen molar-refractivity contribution in [2.75, 3.05) is 11.1 Å². The molecular weight excluding hydrogens is 335 g/mol. The van der Waals surface area contributed by atoms with Gasteiger partial charge in [0.2, 0.25) is 0 Å². The molecule has 0 aliphatic carbocycles. The van der Waals surface area contributed by atoms with Gasteiger partial charge in [0, 0.05) is 17.7 Å². The Bertz CT molecular complexity index is 673. The first-order chi connectivity index (χ1) is 9.92. The van der Waals surface area contributed by atoms with Gasteiger partial charge in [-0.2, -0.15) is 0 Å². The van der Waals surface area contributed by atoms with E-state index in [0.29, 0.717) is 27.6 Å². The van der Waals surface area contributed by atoms with E-state index in [0.717, 1.165) is 24.0 Å². The van der Waals surface area contributed by atoms with Crippen molar-refractivity contribution in [1.82, 2.24) is 9.97 Å². The van der Waals surface area contributed by atoms with Crippen LogP contribution in [0.1, 0.15) is 30.3 Å². The Hall–Kier alpha value is -1.69. The Morgan fingerprint density at radius 1 is 1.29 bits per heavy atom. The Labute approximate surface area is 132 Å². The second-order valence-electron chi connectivity index (χ2n) is 4.95. The molecule has 2 aromatic rings. The van der Waals surface area contributed by atoms with E-state index >= 15 is 0 Å². The quantitative estimate of drug-likeness (QED) is 0.862. The van der Waals surface area contributed by atoms with Crippen molar-refractivity contribution in [3.8, 4) is 0 Å². The van der Waals surface area contributed by atoms with Gasteiger partial charge in [-0.3, -0.25) is 0 Å². The van der Waals surface area contributed by atoms with E-state index < -0.39 is 0 Å². The van der Waals surface area contributed by atoms with Crippen molar-refractivity contribution in [3.05, 3.63) is 39.4 Å². The van der Waals surface area contributed by atoms with E-state index in [1.54, 1.807) is 6.07 Å². The van der Waals surface area contributed by atoms with Crippen LogP contribution in [0.2, 0.25) is 0 Å². The van der Waals surface area contributed by atoms with Crippen molar-refractivity contribution in [1.29, 1.82) is 0 Å². The van der Waals surface area contributed by atoms with Gasteiger partial charge in [0.25, 0.3) is 0 Å². The maximum Gasteiger partial charge on any atom is 0.139 e. The van der Waals surface area contributed by atoms with E-state index in [1.807, 2.05) is 13.8 Å². The lowest BCUT2D eigenvalue weighted by atomic mass is 10.2. The molecule has 1 aromatic heterocycles. The fourth-order valence-corrected chi connectivity index (χ4v) is 2.41. The van der Waals surface area contributed by atoms with Crippen LogP contribution in [-0.4, -0.2) is 9.97 Å². The van der Waals surface area contributed by atoms with E-state index in [4.69, 9.17) is 5.73 Å². The first-order valence-electron chi connectivity index (χ1n) is 6.78. The number of nitrogen functional groups attached to an aromatic ring is 1. The SMILES string of the molecule is CCCc1nc(N)c(C)c(Nc2cc(F)c(Br)cc2C)n1. The zero-order valence-corrected chi connectivity index (χ0v) is 13.9. The Morgan fingerprint density at radius 3 is 2.67 bits per heavy atom. The molecule has 0 amide bonds. The number of aromatic nitrogens is 2. The molecule has 21 heavy (non-hydrogen) atoms. The summed E-state index contributed by atoms with van der Waals surface area (Å²) < 4.78 is 14.1. The first-order valence-corrected chi connectivity index (χ1v) is 7.57. The molecule has 2 rings (SSSR count). The van der Waals surface area contributed by atoms with Gasteiger partial charge in [-0.25, -0.2) is 14.4 Å². The maximum atomic E-state index is 13.7. The number of nitrogens with zero attached hydrogens (tertiary/aromatic N) is 2. The third-order valence-corrected chi connectivity index (χ3v) is 3.83. The predicted molar refractivity (Wildman–Crippen MR) is 87.3 cm³/mol. The second kappa shape index (κ2) is 6.39. The molecule has 0 saturated carbocycles. The molecule has 0 unspecified atom stereocenters. The first kappa shape index (κ1) is 15.7. The lowest BCUT2D eigenvalue weighted by Gasteiger charge is -2.14. The molecule has 0 atom stereocenters. The van der Waals surface area contributed by atoms with Crippen LogP contribution >= 0.6 is 15.9 Å². The summed E-state index contributed by atoms with van der Waals surface area (Å²) in [5.74, 6) is 1.44. The van der Waals surface area contributed by atoms with Gasteiger partial charge < -0.3 is 11.1 Å². The molecule has 0 bridgehead atoms. The van der Waals surface area contributed by atoms with Crippen LogP contribution in [-0.2, 0) is 6.42 Å².